The number of hydrogen-bond acceptors (Lipinski definition) is 7. The highest BCUT2D eigenvalue weighted by atomic mass is 16.6. The minimum Gasteiger partial charge on any atom is -0.378 e. The topological polar surface area (TPSA) is 120 Å². The third-order valence-corrected chi connectivity index (χ3v) is 1.96. The summed E-state index contributed by atoms with van der Waals surface area (Å²) in [6.45, 7) is 0. The first-order chi connectivity index (χ1) is 8.18. The quantitative estimate of drug-likeness (QED) is 0.600. The van der Waals surface area contributed by atoms with Gasteiger partial charge in [0, 0.05) is 6.20 Å². The number of nitro groups is 1. The Labute approximate surface area is 95.7 Å². The molecule has 0 atom stereocenters. The van der Waals surface area contributed by atoms with Gasteiger partial charge < -0.3 is 11.1 Å². The van der Waals surface area contributed by atoms with E-state index in [0.29, 0.717) is 5.69 Å². The normalized spacial score (nSPS) is 9.88. The van der Waals surface area contributed by atoms with E-state index in [0.717, 1.165) is 6.33 Å². The summed E-state index contributed by atoms with van der Waals surface area (Å²) in [5.41, 5.74) is 5.65. The third-order valence-electron chi connectivity index (χ3n) is 1.96. The van der Waals surface area contributed by atoms with Crippen molar-refractivity contribution in [1.29, 1.82) is 0 Å². The van der Waals surface area contributed by atoms with E-state index in [9.17, 15) is 10.1 Å². The van der Waals surface area contributed by atoms with Gasteiger partial charge in [0.05, 0.1) is 16.8 Å². The molecule has 0 fully saturated rings. The summed E-state index contributed by atoms with van der Waals surface area (Å²) >= 11 is 0. The van der Waals surface area contributed by atoms with Gasteiger partial charge in [0.2, 0.25) is 11.6 Å². The van der Waals surface area contributed by atoms with E-state index in [1.807, 2.05) is 0 Å². The number of nitrogens with two attached hydrogens (primary N) is 1. The molecule has 0 aliphatic heterocycles. The summed E-state index contributed by atoms with van der Waals surface area (Å²) in [6, 6.07) is 3.40. The molecule has 0 spiro atoms. The average Bonchev–Trinajstić information content (AvgIpc) is 2.30. The van der Waals surface area contributed by atoms with Crippen LogP contribution in [0, 0.1) is 10.1 Å². The SMILES string of the molecule is Nc1ncnc(Nc2cccnc2)c1[N+](=O)[O-]. The summed E-state index contributed by atoms with van der Waals surface area (Å²) < 4.78 is 0. The van der Waals surface area contributed by atoms with E-state index in [1.54, 1.807) is 18.3 Å². The molecular formula is C9H8N6O2. The molecule has 0 amide bonds. The highest BCUT2D eigenvalue weighted by molar-refractivity contribution is 5.71. The Balaban J connectivity index is 2.40. The van der Waals surface area contributed by atoms with Crippen LogP contribution in [-0.4, -0.2) is 19.9 Å². The first-order valence-corrected chi connectivity index (χ1v) is 4.60. The number of nitrogen functional groups attached to an aromatic ring is 1. The zero-order chi connectivity index (χ0) is 12.3. The first-order valence-electron chi connectivity index (χ1n) is 4.60. The maximum absolute atomic E-state index is 10.8. The van der Waals surface area contributed by atoms with Crippen LogP contribution in [0.3, 0.4) is 0 Å². The van der Waals surface area contributed by atoms with Gasteiger partial charge in [0.1, 0.15) is 6.33 Å². The molecule has 86 valence electrons. The molecule has 0 aromatic carbocycles. The van der Waals surface area contributed by atoms with Crippen molar-refractivity contribution >= 4 is 23.0 Å². The van der Waals surface area contributed by atoms with Crippen molar-refractivity contribution in [2.75, 3.05) is 11.1 Å². The molecule has 0 saturated carbocycles. The third kappa shape index (κ3) is 2.25. The maximum atomic E-state index is 10.8. The molecule has 0 saturated heterocycles. The summed E-state index contributed by atoms with van der Waals surface area (Å²) in [5, 5.41) is 13.6. The van der Waals surface area contributed by atoms with Crippen molar-refractivity contribution in [3.05, 3.63) is 41.0 Å². The van der Waals surface area contributed by atoms with Gasteiger partial charge in [0.25, 0.3) is 0 Å². The minimum atomic E-state index is -0.631. The van der Waals surface area contributed by atoms with Gasteiger partial charge in [-0.1, -0.05) is 0 Å². The second kappa shape index (κ2) is 4.39. The first kappa shape index (κ1) is 10.7. The lowest BCUT2D eigenvalue weighted by Gasteiger charge is -2.05. The largest absolute Gasteiger partial charge is 0.378 e. The van der Waals surface area contributed by atoms with Crippen LogP contribution in [0.2, 0.25) is 0 Å². The van der Waals surface area contributed by atoms with Crippen molar-refractivity contribution in [3.63, 3.8) is 0 Å². The summed E-state index contributed by atoms with van der Waals surface area (Å²) in [7, 11) is 0. The van der Waals surface area contributed by atoms with Gasteiger partial charge in [0.15, 0.2) is 0 Å². The van der Waals surface area contributed by atoms with Crippen LogP contribution in [0.5, 0.6) is 0 Å². The fraction of sp³-hybridized carbons (Fsp3) is 0. The van der Waals surface area contributed by atoms with E-state index in [2.05, 4.69) is 20.3 Å². The molecule has 0 unspecified atom stereocenters. The molecule has 0 aliphatic carbocycles. The predicted octanol–water partition coefficient (Wildman–Crippen LogP) is 1.11. The zero-order valence-corrected chi connectivity index (χ0v) is 8.57. The summed E-state index contributed by atoms with van der Waals surface area (Å²) in [4.78, 5) is 21.4. The summed E-state index contributed by atoms with van der Waals surface area (Å²) in [6.07, 6.45) is 4.26. The van der Waals surface area contributed by atoms with Crippen LogP contribution >= 0.6 is 0 Å². The fourth-order valence-electron chi connectivity index (χ4n) is 1.24. The lowest BCUT2D eigenvalue weighted by molar-refractivity contribution is -0.383. The van der Waals surface area contributed by atoms with Gasteiger partial charge in [-0.2, -0.15) is 0 Å². The number of nitrogens with zero attached hydrogens (tertiary/aromatic N) is 4. The Kier molecular flexibility index (Phi) is 2.77. The lowest BCUT2D eigenvalue weighted by Crippen LogP contribution is -2.04. The standard InChI is InChI=1S/C9H8N6O2/c10-8-7(15(16)17)9(13-5-12-8)14-6-2-1-3-11-4-6/h1-5H,(H3,10,12,13,14). The number of rotatable bonds is 3. The highest BCUT2D eigenvalue weighted by Crippen LogP contribution is 2.28. The van der Waals surface area contributed by atoms with E-state index in [1.165, 1.54) is 6.20 Å². The highest BCUT2D eigenvalue weighted by Gasteiger charge is 2.20. The lowest BCUT2D eigenvalue weighted by atomic mass is 10.4. The van der Waals surface area contributed by atoms with Crippen molar-refractivity contribution in [2.24, 2.45) is 0 Å². The molecule has 2 rings (SSSR count). The van der Waals surface area contributed by atoms with Crippen LogP contribution < -0.4 is 11.1 Å². The van der Waals surface area contributed by atoms with Gasteiger partial charge in [-0.3, -0.25) is 15.1 Å². The number of hydrogen-bond donors (Lipinski definition) is 2. The average molecular weight is 232 g/mol. The molecule has 2 aromatic heterocycles. The van der Waals surface area contributed by atoms with E-state index in [-0.39, 0.29) is 17.3 Å². The van der Waals surface area contributed by atoms with Crippen LogP contribution in [-0.2, 0) is 0 Å². The molecule has 17 heavy (non-hydrogen) atoms. The Bertz CT molecular complexity index is 544. The maximum Gasteiger partial charge on any atom is 0.353 e. The van der Waals surface area contributed by atoms with Crippen LogP contribution in [0.1, 0.15) is 0 Å². The Hall–Kier alpha value is -2.77. The van der Waals surface area contributed by atoms with E-state index >= 15 is 0 Å². The molecule has 0 bridgehead atoms. The molecule has 3 N–H and O–H groups in total. The van der Waals surface area contributed by atoms with E-state index < -0.39 is 4.92 Å². The molecule has 8 heteroatoms. The van der Waals surface area contributed by atoms with Gasteiger partial charge in [-0.05, 0) is 12.1 Å². The van der Waals surface area contributed by atoms with Crippen molar-refractivity contribution < 1.29 is 4.92 Å². The second-order valence-corrected chi connectivity index (χ2v) is 3.08. The summed E-state index contributed by atoms with van der Waals surface area (Å²) in [5.74, 6) is -0.146. The number of anilines is 3. The predicted molar refractivity (Wildman–Crippen MR) is 60.6 cm³/mol. The van der Waals surface area contributed by atoms with Gasteiger partial charge in [-0.15, -0.1) is 0 Å². The number of nitrogens with one attached hydrogen (secondary N) is 1. The zero-order valence-electron chi connectivity index (χ0n) is 8.57. The Morgan fingerprint density at radius 1 is 1.41 bits per heavy atom. The fourth-order valence-corrected chi connectivity index (χ4v) is 1.24. The molecule has 0 aliphatic rings. The Morgan fingerprint density at radius 2 is 2.24 bits per heavy atom. The van der Waals surface area contributed by atoms with Crippen LogP contribution in [0.4, 0.5) is 23.0 Å². The Morgan fingerprint density at radius 3 is 2.88 bits per heavy atom. The van der Waals surface area contributed by atoms with Gasteiger partial charge >= 0.3 is 5.69 Å². The van der Waals surface area contributed by atoms with Crippen LogP contribution in [0.15, 0.2) is 30.9 Å². The minimum absolute atomic E-state index is 0.0375. The molecular weight excluding hydrogens is 224 g/mol. The molecule has 2 aromatic rings. The van der Waals surface area contributed by atoms with Gasteiger partial charge in [-0.25, -0.2) is 9.97 Å². The molecule has 0 radical (unpaired) electrons. The molecule has 2 heterocycles. The van der Waals surface area contributed by atoms with Crippen LogP contribution in [0.25, 0.3) is 0 Å². The smallest absolute Gasteiger partial charge is 0.353 e. The number of aromatic nitrogens is 3. The monoisotopic (exact) mass is 232 g/mol. The van der Waals surface area contributed by atoms with Crippen molar-refractivity contribution in [2.45, 2.75) is 0 Å². The second-order valence-electron chi connectivity index (χ2n) is 3.08. The van der Waals surface area contributed by atoms with E-state index in [4.69, 9.17) is 5.73 Å². The molecule has 8 nitrogen and oxygen atoms in total. The van der Waals surface area contributed by atoms with Crippen molar-refractivity contribution in [3.8, 4) is 0 Å². The van der Waals surface area contributed by atoms with Crippen molar-refractivity contribution in [1.82, 2.24) is 15.0 Å². The number of pyridine rings is 1.